The minimum Gasteiger partial charge on any atom is -0.355 e. The van der Waals surface area contributed by atoms with E-state index >= 15 is 0 Å². The van der Waals surface area contributed by atoms with Gasteiger partial charge >= 0.3 is 0 Å². The minimum absolute atomic E-state index is 0.145. The number of carbonyl (C=O) groups is 1. The summed E-state index contributed by atoms with van der Waals surface area (Å²) >= 11 is 0. The SMILES string of the molecule is Cc1cccc(CN(CC(=O)NCCc2ccc(F)cc2)S(C)(=O)=O)c1. The summed E-state index contributed by atoms with van der Waals surface area (Å²) in [6.45, 7) is 2.19. The predicted molar refractivity (Wildman–Crippen MR) is 99.5 cm³/mol. The topological polar surface area (TPSA) is 66.5 Å². The Labute approximate surface area is 153 Å². The van der Waals surface area contributed by atoms with Crippen LogP contribution in [0.25, 0.3) is 0 Å². The van der Waals surface area contributed by atoms with Crippen molar-refractivity contribution < 1.29 is 17.6 Å². The summed E-state index contributed by atoms with van der Waals surface area (Å²) < 4.78 is 38.0. The fraction of sp³-hybridized carbons (Fsp3) is 0.316. The highest BCUT2D eigenvalue weighted by atomic mass is 32.2. The normalized spacial score (nSPS) is 11.5. The van der Waals surface area contributed by atoms with E-state index in [4.69, 9.17) is 0 Å². The Morgan fingerprint density at radius 1 is 1.12 bits per heavy atom. The van der Waals surface area contributed by atoms with Crippen LogP contribution in [0, 0.1) is 12.7 Å². The van der Waals surface area contributed by atoms with Crippen molar-refractivity contribution in [1.82, 2.24) is 9.62 Å². The third-order valence-electron chi connectivity index (χ3n) is 3.88. The summed E-state index contributed by atoms with van der Waals surface area (Å²) in [4.78, 5) is 12.1. The smallest absolute Gasteiger partial charge is 0.235 e. The number of nitrogens with one attached hydrogen (secondary N) is 1. The summed E-state index contributed by atoms with van der Waals surface area (Å²) in [6, 6.07) is 13.5. The molecule has 7 heteroatoms. The molecule has 0 aliphatic carbocycles. The molecule has 0 radical (unpaired) electrons. The first-order valence-electron chi connectivity index (χ1n) is 8.26. The highest BCUT2D eigenvalue weighted by Crippen LogP contribution is 2.10. The zero-order valence-corrected chi connectivity index (χ0v) is 15.7. The van der Waals surface area contributed by atoms with Crippen LogP contribution >= 0.6 is 0 Å². The Bertz CT molecular complexity index is 851. The molecule has 1 amide bonds. The summed E-state index contributed by atoms with van der Waals surface area (Å²) in [5.41, 5.74) is 2.75. The molecule has 26 heavy (non-hydrogen) atoms. The Morgan fingerprint density at radius 3 is 2.42 bits per heavy atom. The average Bonchev–Trinajstić information content (AvgIpc) is 2.55. The van der Waals surface area contributed by atoms with Crippen LogP contribution in [0.5, 0.6) is 0 Å². The molecule has 2 aromatic rings. The number of benzene rings is 2. The van der Waals surface area contributed by atoms with Gasteiger partial charge in [0.05, 0.1) is 12.8 Å². The van der Waals surface area contributed by atoms with Crippen molar-refractivity contribution >= 4 is 15.9 Å². The van der Waals surface area contributed by atoms with Crippen LogP contribution in [0.15, 0.2) is 48.5 Å². The molecule has 0 aromatic heterocycles. The lowest BCUT2D eigenvalue weighted by atomic mass is 10.1. The van der Waals surface area contributed by atoms with Gasteiger partial charge in [0.2, 0.25) is 15.9 Å². The lowest BCUT2D eigenvalue weighted by Crippen LogP contribution is -2.40. The van der Waals surface area contributed by atoms with E-state index in [-0.39, 0.29) is 24.8 Å². The number of halogens is 1. The van der Waals surface area contributed by atoms with E-state index in [0.717, 1.165) is 27.3 Å². The summed E-state index contributed by atoms with van der Waals surface area (Å²) in [7, 11) is -3.52. The number of hydrogen-bond donors (Lipinski definition) is 1. The second kappa shape index (κ2) is 8.91. The molecule has 0 fully saturated rings. The molecule has 5 nitrogen and oxygen atoms in total. The summed E-state index contributed by atoms with van der Waals surface area (Å²) in [6.07, 6.45) is 1.64. The number of aryl methyl sites for hydroxylation is 1. The molecular formula is C19H23FN2O3S. The molecule has 0 saturated heterocycles. The number of rotatable bonds is 8. The highest BCUT2D eigenvalue weighted by Gasteiger charge is 2.20. The molecule has 1 N–H and O–H groups in total. The van der Waals surface area contributed by atoms with E-state index in [1.165, 1.54) is 12.1 Å². The van der Waals surface area contributed by atoms with E-state index in [9.17, 15) is 17.6 Å². The molecule has 0 aliphatic rings. The molecule has 0 unspecified atom stereocenters. The first-order valence-corrected chi connectivity index (χ1v) is 10.1. The Balaban J connectivity index is 1.91. The van der Waals surface area contributed by atoms with E-state index < -0.39 is 10.0 Å². The van der Waals surface area contributed by atoms with Crippen LogP contribution in [0.3, 0.4) is 0 Å². The van der Waals surface area contributed by atoms with E-state index in [1.807, 2.05) is 31.2 Å². The molecule has 0 heterocycles. The quantitative estimate of drug-likeness (QED) is 0.766. The van der Waals surface area contributed by atoms with Gasteiger partial charge in [-0.3, -0.25) is 4.79 Å². The number of amides is 1. The zero-order valence-electron chi connectivity index (χ0n) is 14.9. The lowest BCUT2D eigenvalue weighted by molar-refractivity contribution is -0.121. The summed E-state index contributed by atoms with van der Waals surface area (Å²) in [5.74, 6) is -0.678. The minimum atomic E-state index is -3.52. The van der Waals surface area contributed by atoms with Crippen LogP contribution in [0.2, 0.25) is 0 Å². The van der Waals surface area contributed by atoms with Gasteiger partial charge in [0.15, 0.2) is 0 Å². The first-order chi connectivity index (χ1) is 12.2. The van der Waals surface area contributed by atoms with Gasteiger partial charge in [-0.15, -0.1) is 0 Å². The molecule has 0 bridgehead atoms. The van der Waals surface area contributed by atoms with Gasteiger partial charge in [-0.25, -0.2) is 12.8 Å². The monoisotopic (exact) mass is 378 g/mol. The molecular weight excluding hydrogens is 355 g/mol. The van der Waals surface area contributed by atoms with E-state index in [0.29, 0.717) is 13.0 Å². The van der Waals surface area contributed by atoms with Crippen LogP contribution in [-0.2, 0) is 27.8 Å². The zero-order chi connectivity index (χ0) is 19.2. The maximum Gasteiger partial charge on any atom is 0.235 e. The predicted octanol–water partition coefficient (Wildman–Crippen LogP) is 2.25. The van der Waals surface area contributed by atoms with Crippen molar-refractivity contribution in [3.63, 3.8) is 0 Å². The number of sulfonamides is 1. The second-order valence-electron chi connectivity index (χ2n) is 6.25. The Kier molecular flexibility index (Phi) is 6.88. The van der Waals surface area contributed by atoms with Gasteiger partial charge in [0, 0.05) is 13.1 Å². The maximum absolute atomic E-state index is 12.9. The largest absolute Gasteiger partial charge is 0.355 e. The Hall–Kier alpha value is -2.25. The summed E-state index contributed by atoms with van der Waals surface area (Å²) in [5, 5.41) is 2.71. The molecule has 0 atom stereocenters. The second-order valence-corrected chi connectivity index (χ2v) is 8.23. The fourth-order valence-electron chi connectivity index (χ4n) is 2.52. The third kappa shape index (κ3) is 6.57. The van der Waals surface area contributed by atoms with Gasteiger partial charge in [0.25, 0.3) is 0 Å². The van der Waals surface area contributed by atoms with Gasteiger partial charge in [-0.1, -0.05) is 42.0 Å². The van der Waals surface area contributed by atoms with Gasteiger partial charge in [0.1, 0.15) is 5.82 Å². The Morgan fingerprint density at radius 2 is 1.81 bits per heavy atom. The van der Waals surface area contributed by atoms with Crippen molar-refractivity contribution in [2.45, 2.75) is 19.9 Å². The van der Waals surface area contributed by atoms with Crippen LogP contribution in [0.4, 0.5) is 4.39 Å². The van der Waals surface area contributed by atoms with Gasteiger partial charge in [-0.2, -0.15) is 4.31 Å². The number of hydrogen-bond acceptors (Lipinski definition) is 3. The molecule has 2 rings (SSSR count). The molecule has 2 aromatic carbocycles. The van der Waals surface area contributed by atoms with Crippen molar-refractivity contribution in [3.05, 3.63) is 71.0 Å². The maximum atomic E-state index is 12.9. The van der Waals surface area contributed by atoms with Crippen LogP contribution < -0.4 is 5.32 Å². The van der Waals surface area contributed by atoms with Crippen LogP contribution in [0.1, 0.15) is 16.7 Å². The van der Waals surface area contributed by atoms with Crippen molar-refractivity contribution in [2.75, 3.05) is 19.3 Å². The first kappa shape index (κ1) is 20.1. The van der Waals surface area contributed by atoms with Crippen molar-refractivity contribution in [3.8, 4) is 0 Å². The van der Waals surface area contributed by atoms with Crippen molar-refractivity contribution in [2.24, 2.45) is 0 Å². The highest BCUT2D eigenvalue weighted by molar-refractivity contribution is 7.88. The third-order valence-corrected chi connectivity index (χ3v) is 5.08. The van der Waals surface area contributed by atoms with E-state index in [2.05, 4.69) is 5.32 Å². The average molecular weight is 378 g/mol. The molecule has 0 spiro atoms. The molecule has 0 saturated carbocycles. The van der Waals surface area contributed by atoms with E-state index in [1.54, 1.807) is 12.1 Å². The number of nitrogens with zero attached hydrogens (tertiary/aromatic N) is 1. The van der Waals surface area contributed by atoms with Gasteiger partial charge < -0.3 is 5.32 Å². The fourth-order valence-corrected chi connectivity index (χ4v) is 3.25. The molecule has 0 aliphatic heterocycles. The van der Waals surface area contributed by atoms with Crippen LogP contribution in [-0.4, -0.2) is 38.0 Å². The van der Waals surface area contributed by atoms with Crippen molar-refractivity contribution in [1.29, 1.82) is 0 Å². The molecule has 140 valence electrons. The number of carbonyl (C=O) groups excluding carboxylic acids is 1. The van der Waals surface area contributed by atoms with Gasteiger partial charge in [-0.05, 0) is 36.6 Å². The lowest BCUT2D eigenvalue weighted by Gasteiger charge is -2.20. The standard InChI is InChI=1S/C19H23FN2O3S/c1-15-4-3-5-17(12-15)13-22(26(2,24)25)14-19(23)21-11-10-16-6-8-18(20)9-7-16/h3-9,12H,10-11,13-14H2,1-2H3,(H,21,23).